The number of ether oxygens (including phenoxy) is 3. The van der Waals surface area contributed by atoms with Crippen molar-refractivity contribution in [1.29, 1.82) is 0 Å². The Bertz CT molecular complexity index is 1920. The minimum atomic E-state index is -4.45. The summed E-state index contributed by atoms with van der Waals surface area (Å²) in [6, 6.07) is 5.02. The number of nitrogens with zero attached hydrogens (tertiary/aromatic N) is 2. The van der Waals surface area contributed by atoms with E-state index >= 15 is 0 Å². The highest BCUT2D eigenvalue weighted by molar-refractivity contribution is 7.85. The first-order chi connectivity index (χ1) is 25.8. The van der Waals surface area contributed by atoms with Crippen molar-refractivity contribution in [3.63, 3.8) is 0 Å². The fraction of sp³-hybridized carbons (Fsp3) is 0.667. The maximum absolute atomic E-state index is 14.6. The molecule has 1 aliphatic heterocycles. The van der Waals surface area contributed by atoms with E-state index < -0.39 is 68.9 Å². The summed E-state index contributed by atoms with van der Waals surface area (Å²) in [5.41, 5.74) is -3.20. The summed E-state index contributed by atoms with van der Waals surface area (Å²) < 4.78 is 50.4. The van der Waals surface area contributed by atoms with Crippen LogP contribution in [0.15, 0.2) is 30.5 Å². The van der Waals surface area contributed by atoms with Crippen LogP contribution < -0.4 is 24.8 Å². The highest BCUT2D eigenvalue weighted by Gasteiger charge is 2.62. The molecule has 0 unspecified atom stereocenters. The van der Waals surface area contributed by atoms with Crippen molar-refractivity contribution in [1.82, 2.24) is 25.2 Å². The number of amides is 4. The van der Waals surface area contributed by atoms with Crippen LogP contribution >= 0.6 is 0 Å². The molecule has 2 aromatic rings. The van der Waals surface area contributed by atoms with Crippen LogP contribution in [0.1, 0.15) is 93.4 Å². The number of aromatic nitrogens is 1. The lowest BCUT2D eigenvalue weighted by molar-refractivity contribution is -0.143. The molecule has 4 aliphatic rings. The van der Waals surface area contributed by atoms with Gasteiger partial charge < -0.3 is 29.7 Å². The number of hydrogen-bond donors (Lipinski definition) is 3. The van der Waals surface area contributed by atoms with Crippen molar-refractivity contribution >= 4 is 44.9 Å². The number of fused-ring (bicyclic) bond motifs is 1. The third-order valence-corrected chi connectivity index (χ3v) is 12.8. The predicted molar refractivity (Wildman–Crippen MR) is 202 cm³/mol. The predicted octanol–water partition coefficient (Wildman–Crippen LogP) is 4.38. The molecule has 4 amide bonds. The minimum absolute atomic E-state index is 0.0270. The molecule has 1 saturated heterocycles. The number of alkyl carbamates (subject to hydrolysis) is 1. The van der Waals surface area contributed by atoms with E-state index in [4.69, 9.17) is 18.4 Å². The van der Waals surface area contributed by atoms with E-state index in [-0.39, 0.29) is 31.4 Å². The number of nitrogens with one attached hydrogen (secondary N) is 3. The second-order valence-electron chi connectivity index (χ2n) is 17.3. The van der Waals surface area contributed by atoms with Gasteiger partial charge in [0, 0.05) is 18.0 Å². The Balaban J connectivity index is 1.26. The van der Waals surface area contributed by atoms with E-state index in [1.54, 1.807) is 26.3 Å². The molecule has 3 aliphatic carbocycles. The number of benzene rings is 1. The van der Waals surface area contributed by atoms with Gasteiger partial charge >= 0.3 is 16.4 Å². The van der Waals surface area contributed by atoms with Crippen molar-refractivity contribution < 1.29 is 46.0 Å². The molecule has 0 radical (unpaired) electrons. The van der Waals surface area contributed by atoms with Gasteiger partial charge in [-0.1, -0.05) is 48.0 Å². The zero-order valence-electron chi connectivity index (χ0n) is 33.0. The Hall–Kier alpha value is -4.18. The summed E-state index contributed by atoms with van der Waals surface area (Å²) >= 11 is 0. The van der Waals surface area contributed by atoms with E-state index in [9.17, 15) is 27.6 Å². The Morgan fingerprint density at radius 3 is 2.33 bits per heavy atom. The third kappa shape index (κ3) is 8.95. The van der Waals surface area contributed by atoms with Gasteiger partial charge in [-0.25, -0.2) is 18.7 Å². The zero-order valence-corrected chi connectivity index (χ0v) is 33.8. The van der Waals surface area contributed by atoms with Crippen molar-refractivity contribution in [3.05, 3.63) is 30.5 Å². The number of hydrogen-bond acceptors (Lipinski definition) is 11. The normalized spacial score (nSPS) is 28.9. The standard InChI is InChI=1S/C39H55N5O10S/c1-9-25-20-39(25,35(47)43-55(49,50)54-38(7)13-14-38)42-32(45)30-19-28(52-33-29-11-10-26(51-8)18-24(29)12-15-40-33)21-44(30)34(46)31(37(4,5)6)41-36(48)53-27-16-22(2)23(3)17-27/h10-12,15,18,22-23,25,27-28,30-31H,9,13-14,16-17,19-21H2,1-8H3,(H,41,48)(H,42,45)(H,43,47)/t22-,23+,25-,27+,28-,30+,31-,39-/m1/s1. The third-order valence-electron chi connectivity index (χ3n) is 11.8. The van der Waals surface area contributed by atoms with E-state index in [0.717, 1.165) is 18.2 Å². The fourth-order valence-corrected chi connectivity index (χ4v) is 9.00. The van der Waals surface area contributed by atoms with E-state index in [0.29, 0.717) is 48.1 Å². The van der Waals surface area contributed by atoms with Crippen LogP contribution in [0, 0.1) is 23.2 Å². The van der Waals surface area contributed by atoms with Gasteiger partial charge in [0.05, 0.1) is 19.3 Å². The number of methoxy groups -OCH3 is 1. The molecule has 16 heteroatoms. The molecule has 4 fully saturated rings. The van der Waals surface area contributed by atoms with Gasteiger partial charge in [0.2, 0.25) is 17.7 Å². The first-order valence-electron chi connectivity index (χ1n) is 19.2. The Labute approximate surface area is 323 Å². The summed E-state index contributed by atoms with van der Waals surface area (Å²) in [6.45, 7) is 13.1. The van der Waals surface area contributed by atoms with Crippen molar-refractivity contribution in [3.8, 4) is 11.6 Å². The molecule has 15 nitrogen and oxygen atoms in total. The van der Waals surface area contributed by atoms with Crippen molar-refractivity contribution in [2.45, 2.75) is 129 Å². The molecule has 2 heterocycles. The highest BCUT2D eigenvalue weighted by Crippen LogP contribution is 2.47. The average molecular weight is 786 g/mol. The maximum Gasteiger partial charge on any atom is 0.408 e. The fourth-order valence-electron chi connectivity index (χ4n) is 7.85. The number of carbonyl (C=O) groups excluding carboxylic acids is 4. The molecular weight excluding hydrogens is 731 g/mol. The number of pyridine rings is 1. The SMILES string of the molecule is CC[C@@H]1C[C@]1(NC(=O)[C@@H]1C[C@@H](Oc2nccc3cc(OC)ccc23)CN1C(=O)[C@@H](NC(=O)O[C@H]1C[C@@H](C)[C@@H](C)C1)C(C)(C)C)C(=O)NS(=O)(=O)OC1(C)CC1. The van der Waals surface area contributed by atoms with Crippen LogP contribution in [0.4, 0.5) is 4.79 Å². The molecule has 302 valence electrons. The molecule has 55 heavy (non-hydrogen) atoms. The van der Waals surface area contributed by atoms with Gasteiger partial charge in [-0.15, -0.1) is 0 Å². The van der Waals surface area contributed by atoms with E-state index in [1.807, 2.05) is 50.6 Å². The lowest BCUT2D eigenvalue weighted by Crippen LogP contribution is -2.60. The number of rotatable bonds is 13. The molecule has 3 N–H and O–H groups in total. The second kappa shape index (κ2) is 15.1. The van der Waals surface area contributed by atoms with Gasteiger partial charge in [-0.2, -0.15) is 8.42 Å². The molecular formula is C39H55N5O10S. The smallest absolute Gasteiger partial charge is 0.408 e. The summed E-state index contributed by atoms with van der Waals surface area (Å²) in [6.07, 6.45) is 3.15. The molecule has 0 bridgehead atoms. The van der Waals surface area contributed by atoms with E-state index in [1.165, 1.54) is 4.90 Å². The molecule has 0 spiro atoms. The number of carbonyl (C=O) groups is 4. The van der Waals surface area contributed by atoms with Crippen LogP contribution in [0.25, 0.3) is 10.8 Å². The van der Waals surface area contributed by atoms with Crippen LogP contribution in [0.5, 0.6) is 11.6 Å². The van der Waals surface area contributed by atoms with Gasteiger partial charge in [0.25, 0.3) is 5.91 Å². The van der Waals surface area contributed by atoms with Crippen LogP contribution in [0.2, 0.25) is 0 Å². The zero-order chi connectivity index (χ0) is 40.1. The van der Waals surface area contributed by atoms with Crippen molar-refractivity contribution in [2.75, 3.05) is 13.7 Å². The molecule has 1 aromatic carbocycles. The minimum Gasteiger partial charge on any atom is -0.497 e. The first-order valence-corrected chi connectivity index (χ1v) is 20.6. The summed E-state index contributed by atoms with van der Waals surface area (Å²) in [7, 11) is -2.88. The monoisotopic (exact) mass is 785 g/mol. The average Bonchev–Trinajstić information content (AvgIpc) is 3.92. The van der Waals surface area contributed by atoms with Gasteiger partial charge in [-0.3, -0.25) is 14.4 Å². The topological polar surface area (TPSA) is 192 Å². The van der Waals surface area contributed by atoms with Gasteiger partial charge in [0.15, 0.2) is 0 Å². The lowest BCUT2D eigenvalue weighted by Gasteiger charge is -2.35. The van der Waals surface area contributed by atoms with Gasteiger partial charge in [0.1, 0.15) is 35.6 Å². The Morgan fingerprint density at radius 2 is 1.73 bits per heavy atom. The van der Waals surface area contributed by atoms with Crippen LogP contribution in [-0.2, 0) is 33.6 Å². The highest BCUT2D eigenvalue weighted by atomic mass is 32.2. The summed E-state index contributed by atoms with van der Waals surface area (Å²) in [5, 5.41) is 7.15. The van der Waals surface area contributed by atoms with Crippen LogP contribution in [-0.4, -0.2) is 91.2 Å². The summed E-state index contributed by atoms with van der Waals surface area (Å²) in [4.78, 5) is 61.8. The van der Waals surface area contributed by atoms with Crippen molar-refractivity contribution in [2.24, 2.45) is 23.2 Å². The maximum atomic E-state index is 14.6. The molecule has 6 rings (SSSR count). The molecule has 1 aromatic heterocycles. The molecule has 3 saturated carbocycles. The first kappa shape index (κ1) is 40.5. The second-order valence-corrected chi connectivity index (χ2v) is 18.5. The Kier molecular flexibility index (Phi) is 11.1. The lowest BCUT2D eigenvalue weighted by atomic mass is 9.85. The van der Waals surface area contributed by atoms with E-state index in [2.05, 4.69) is 29.5 Å². The van der Waals surface area contributed by atoms with Gasteiger partial charge in [-0.05, 0) is 91.8 Å². The quantitative estimate of drug-likeness (QED) is 0.261. The largest absolute Gasteiger partial charge is 0.497 e. The van der Waals surface area contributed by atoms with Crippen LogP contribution in [0.3, 0.4) is 0 Å². The summed E-state index contributed by atoms with van der Waals surface area (Å²) in [5.74, 6) is -0.690. The Morgan fingerprint density at radius 1 is 1.04 bits per heavy atom. The molecule has 8 atom stereocenters. The number of likely N-dealkylation sites (tertiary alicyclic amines) is 1.